The summed E-state index contributed by atoms with van der Waals surface area (Å²) in [7, 11) is -2.95. The minimum Gasteiger partial charge on any atom is -0.256 e. The van der Waals surface area contributed by atoms with Crippen LogP contribution in [0.4, 0.5) is 0 Å². The van der Waals surface area contributed by atoms with Crippen LogP contribution in [0.2, 0.25) is 0 Å². The molecule has 0 spiro atoms. The summed E-state index contributed by atoms with van der Waals surface area (Å²) in [5.74, 6) is 0. The summed E-state index contributed by atoms with van der Waals surface area (Å²) in [6.07, 6.45) is 7.03. The fourth-order valence-electron chi connectivity index (χ4n) is 3.64. The Balaban J connectivity index is 1.89. The van der Waals surface area contributed by atoms with Gasteiger partial charge in [0.2, 0.25) is 0 Å². The fraction of sp³-hybridized carbons (Fsp3) is 0.353. The number of fused-ring (bicyclic) bond motifs is 3. The third-order valence-electron chi connectivity index (χ3n) is 4.73. The molecule has 2 aliphatic rings. The van der Waals surface area contributed by atoms with Crippen LogP contribution in [-0.2, 0) is 9.84 Å². The number of pyridine rings is 1. The molecule has 0 N–H and O–H groups in total. The van der Waals surface area contributed by atoms with Crippen LogP contribution in [0.5, 0.6) is 0 Å². The SMILES string of the molecule is O=S1(=O)C2C=C(c3cccc4ncccc34)CC1CCC2. The molecule has 2 aliphatic heterocycles. The Bertz CT molecular complexity index is 833. The van der Waals surface area contributed by atoms with Gasteiger partial charge in [-0.15, -0.1) is 0 Å². The van der Waals surface area contributed by atoms with Crippen molar-refractivity contribution in [1.29, 1.82) is 0 Å². The van der Waals surface area contributed by atoms with Crippen LogP contribution in [0.1, 0.15) is 31.2 Å². The molecule has 0 aliphatic carbocycles. The molecule has 3 heterocycles. The lowest BCUT2D eigenvalue weighted by Crippen LogP contribution is -2.38. The number of rotatable bonds is 1. The van der Waals surface area contributed by atoms with Crippen molar-refractivity contribution >= 4 is 26.3 Å². The van der Waals surface area contributed by atoms with Crippen LogP contribution in [0.15, 0.2) is 42.6 Å². The highest BCUT2D eigenvalue weighted by molar-refractivity contribution is 7.93. The van der Waals surface area contributed by atoms with Crippen molar-refractivity contribution in [3.63, 3.8) is 0 Å². The van der Waals surface area contributed by atoms with Crippen molar-refractivity contribution in [3.8, 4) is 0 Å². The van der Waals surface area contributed by atoms with E-state index in [9.17, 15) is 8.42 Å². The van der Waals surface area contributed by atoms with Crippen LogP contribution in [-0.4, -0.2) is 23.9 Å². The lowest BCUT2D eigenvalue weighted by Gasteiger charge is -2.33. The van der Waals surface area contributed by atoms with E-state index in [1.165, 1.54) is 5.57 Å². The molecule has 0 saturated carbocycles. The predicted octanol–water partition coefficient (Wildman–Crippen LogP) is 3.36. The first-order valence-corrected chi connectivity index (χ1v) is 9.05. The van der Waals surface area contributed by atoms with Gasteiger partial charge in [0.05, 0.1) is 16.0 Å². The highest BCUT2D eigenvalue weighted by atomic mass is 32.2. The molecule has 1 aromatic carbocycles. The first-order chi connectivity index (χ1) is 10.2. The van der Waals surface area contributed by atoms with Gasteiger partial charge >= 0.3 is 0 Å². The topological polar surface area (TPSA) is 47.0 Å². The molecule has 108 valence electrons. The van der Waals surface area contributed by atoms with Crippen molar-refractivity contribution in [3.05, 3.63) is 48.2 Å². The van der Waals surface area contributed by atoms with Gasteiger partial charge in [-0.05, 0) is 42.5 Å². The molecule has 4 heteroatoms. The Morgan fingerprint density at radius 1 is 1.10 bits per heavy atom. The number of allylic oxidation sites excluding steroid dienone is 1. The Morgan fingerprint density at radius 2 is 2.00 bits per heavy atom. The summed E-state index contributed by atoms with van der Waals surface area (Å²) in [6.45, 7) is 0. The first kappa shape index (κ1) is 13.0. The van der Waals surface area contributed by atoms with Gasteiger partial charge in [0, 0.05) is 11.6 Å². The standard InChI is InChI=1S/C17H17NO2S/c19-21(20)13-4-1-5-14(21)11-12(10-13)15-6-2-8-17-16(15)7-3-9-18-17/h2-3,6-10,13-14H,1,4-5,11H2. The smallest absolute Gasteiger partial charge is 0.159 e. The lowest BCUT2D eigenvalue weighted by molar-refractivity contribution is 0.518. The van der Waals surface area contributed by atoms with Crippen molar-refractivity contribution in [2.45, 2.75) is 36.2 Å². The zero-order valence-corrected chi connectivity index (χ0v) is 12.5. The van der Waals surface area contributed by atoms with Gasteiger partial charge in [0.1, 0.15) is 0 Å². The van der Waals surface area contributed by atoms with E-state index in [1.807, 2.05) is 24.3 Å². The average molecular weight is 299 g/mol. The minimum absolute atomic E-state index is 0.192. The maximum atomic E-state index is 12.4. The summed E-state index contributed by atoms with van der Waals surface area (Å²) in [4.78, 5) is 4.39. The van der Waals surface area contributed by atoms with E-state index in [4.69, 9.17) is 0 Å². The highest BCUT2D eigenvalue weighted by Gasteiger charge is 2.40. The Kier molecular flexibility index (Phi) is 2.89. The van der Waals surface area contributed by atoms with Gasteiger partial charge in [-0.1, -0.05) is 30.7 Å². The average Bonchev–Trinajstić information content (AvgIpc) is 2.46. The first-order valence-electron chi connectivity index (χ1n) is 7.44. The van der Waals surface area contributed by atoms with Crippen molar-refractivity contribution in [2.75, 3.05) is 0 Å². The Labute approximate surface area is 124 Å². The van der Waals surface area contributed by atoms with E-state index in [2.05, 4.69) is 17.1 Å². The maximum absolute atomic E-state index is 12.4. The van der Waals surface area contributed by atoms with E-state index < -0.39 is 9.84 Å². The molecule has 2 atom stereocenters. The van der Waals surface area contributed by atoms with Crippen molar-refractivity contribution < 1.29 is 8.42 Å². The van der Waals surface area contributed by atoms with Gasteiger partial charge in [0.15, 0.2) is 9.84 Å². The van der Waals surface area contributed by atoms with Crippen LogP contribution < -0.4 is 0 Å². The molecule has 4 rings (SSSR count). The Morgan fingerprint density at radius 3 is 2.86 bits per heavy atom. The lowest BCUT2D eigenvalue weighted by atomic mass is 9.91. The summed E-state index contributed by atoms with van der Waals surface area (Å²) in [5, 5.41) is 0.638. The van der Waals surface area contributed by atoms with Crippen LogP contribution in [0.3, 0.4) is 0 Å². The molecule has 0 amide bonds. The number of hydrogen-bond donors (Lipinski definition) is 0. The van der Waals surface area contributed by atoms with Crippen LogP contribution >= 0.6 is 0 Å². The van der Waals surface area contributed by atoms with E-state index in [-0.39, 0.29) is 10.5 Å². The van der Waals surface area contributed by atoms with E-state index in [1.54, 1.807) is 6.20 Å². The third kappa shape index (κ3) is 2.01. The molecule has 1 fully saturated rings. The second kappa shape index (κ2) is 4.67. The monoisotopic (exact) mass is 299 g/mol. The number of hydrogen-bond acceptors (Lipinski definition) is 3. The van der Waals surface area contributed by atoms with Crippen LogP contribution in [0, 0.1) is 0 Å². The van der Waals surface area contributed by atoms with Gasteiger partial charge < -0.3 is 0 Å². The van der Waals surface area contributed by atoms with Gasteiger partial charge in [-0.3, -0.25) is 4.98 Å². The Hall–Kier alpha value is -1.68. The number of aromatic nitrogens is 1. The minimum atomic E-state index is -2.95. The van der Waals surface area contributed by atoms with Gasteiger partial charge in [-0.25, -0.2) is 8.42 Å². The quantitative estimate of drug-likeness (QED) is 0.811. The molecule has 0 radical (unpaired) electrons. The molecule has 2 unspecified atom stereocenters. The molecular formula is C17H17NO2S. The fourth-order valence-corrected chi connectivity index (χ4v) is 5.89. The number of nitrogens with zero attached hydrogens (tertiary/aromatic N) is 1. The largest absolute Gasteiger partial charge is 0.256 e. The number of benzene rings is 1. The van der Waals surface area contributed by atoms with Crippen LogP contribution in [0.25, 0.3) is 16.5 Å². The van der Waals surface area contributed by atoms with Crippen molar-refractivity contribution in [1.82, 2.24) is 4.98 Å². The molecular weight excluding hydrogens is 282 g/mol. The summed E-state index contributed by atoms with van der Waals surface area (Å²) in [5.41, 5.74) is 3.29. The zero-order chi connectivity index (χ0) is 14.4. The summed E-state index contributed by atoms with van der Waals surface area (Å²) in [6, 6.07) is 10.1. The zero-order valence-electron chi connectivity index (χ0n) is 11.7. The molecule has 2 bridgehead atoms. The highest BCUT2D eigenvalue weighted by Crippen LogP contribution is 2.40. The van der Waals surface area contributed by atoms with E-state index in [0.29, 0.717) is 6.42 Å². The predicted molar refractivity (Wildman–Crippen MR) is 84.7 cm³/mol. The van der Waals surface area contributed by atoms with Gasteiger partial charge in [-0.2, -0.15) is 0 Å². The summed E-state index contributed by atoms with van der Waals surface area (Å²) < 4.78 is 24.8. The van der Waals surface area contributed by atoms with Crippen molar-refractivity contribution in [2.24, 2.45) is 0 Å². The number of sulfone groups is 1. The summed E-state index contributed by atoms with van der Waals surface area (Å²) >= 11 is 0. The third-order valence-corrected chi connectivity index (χ3v) is 7.28. The van der Waals surface area contributed by atoms with E-state index in [0.717, 1.165) is 35.7 Å². The molecule has 1 aromatic heterocycles. The van der Waals surface area contributed by atoms with Gasteiger partial charge in [0.25, 0.3) is 0 Å². The molecule has 21 heavy (non-hydrogen) atoms. The maximum Gasteiger partial charge on any atom is 0.159 e. The molecule has 1 saturated heterocycles. The molecule has 2 aromatic rings. The van der Waals surface area contributed by atoms with E-state index >= 15 is 0 Å². The molecule has 3 nitrogen and oxygen atoms in total. The second-order valence-corrected chi connectivity index (χ2v) is 8.40. The normalized spacial score (nSPS) is 27.3. The second-order valence-electron chi connectivity index (χ2n) is 5.95.